The maximum Gasteiger partial charge on any atom is 0.234 e. The van der Waals surface area contributed by atoms with Crippen LogP contribution in [0.4, 0.5) is 0 Å². The van der Waals surface area contributed by atoms with E-state index in [0.717, 1.165) is 32.6 Å². The molecule has 0 bridgehead atoms. The molecule has 0 radical (unpaired) electrons. The molecule has 0 spiro atoms. The minimum atomic E-state index is -3.41. The lowest BCUT2D eigenvalue weighted by Gasteiger charge is -2.22. The standard InChI is InChI=1S/C15H17BrClNO3S/c1-18(22(2,19)20)15-11(4-3-9-17)5-6-12-10-13(16)7-8-14(12)21-15/h5-8,10H,3-4,9H2,1-2H3. The zero-order valence-electron chi connectivity index (χ0n) is 12.3. The lowest BCUT2D eigenvalue weighted by molar-refractivity contribution is 0.317. The highest BCUT2D eigenvalue weighted by molar-refractivity contribution is 9.10. The Morgan fingerprint density at radius 1 is 1.32 bits per heavy atom. The van der Waals surface area contributed by atoms with Gasteiger partial charge in [0.2, 0.25) is 15.9 Å². The first-order valence-electron chi connectivity index (χ1n) is 6.71. The fourth-order valence-electron chi connectivity index (χ4n) is 2.04. The van der Waals surface area contributed by atoms with E-state index in [-0.39, 0.29) is 0 Å². The highest BCUT2D eigenvalue weighted by Crippen LogP contribution is 2.32. The van der Waals surface area contributed by atoms with E-state index in [0.29, 0.717) is 23.9 Å². The number of rotatable bonds is 5. The van der Waals surface area contributed by atoms with Gasteiger partial charge >= 0.3 is 0 Å². The predicted octanol–water partition coefficient (Wildman–Crippen LogP) is 3.98. The molecule has 7 heteroatoms. The first-order chi connectivity index (χ1) is 10.3. The molecule has 1 aromatic carbocycles. The molecule has 1 heterocycles. The number of hydrogen-bond donors (Lipinski definition) is 0. The van der Waals surface area contributed by atoms with E-state index in [2.05, 4.69) is 15.9 Å². The van der Waals surface area contributed by atoms with Gasteiger partial charge in [-0.2, -0.15) is 0 Å². The average Bonchev–Trinajstić information content (AvgIpc) is 2.62. The van der Waals surface area contributed by atoms with Crippen LogP contribution in [0.2, 0.25) is 0 Å². The van der Waals surface area contributed by atoms with E-state index < -0.39 is 10.0 Å². The van der Waals surface area contributed by atoms with Crippen LogP contribution in [0, 0.1) is 0 Å². The predicted molar refractivity (Wildman–Crippen MR) is 93.4 cm³/mol. The zero-order chi connectivity index (χ0) is 16.3. The van der Waals surface area contributed by atoms with Gasteiger partial charge in [0.25, 0.3) is 0 Å². The number of fused-ring (bicyclic) bond motifs is 1. The zero-order valence-corrected chi connectivity index (χ0v) is 15.5. The van der Waals surface area contributed by atoms with E-state index in [9.17, 15) is 8.42 Å². The van der Waals surface area contributed by atoms with E-state index in [1.807, 2.05) is 30.4 Å². The van der Waals surface area contributed by atoms with Gasteiger partial charge in [0, 0.05) is 28.5 Å². The first-order valence-corrected chi connectivity index (χ1v) is 9.89. The van der Waals surface area contributed by atoms with Crippen LogP contribution in [0.25, 0.3) is 6.08 Å². The topological polar surface area (TPSA) is 46.6 Å². The van der Waals surface area contributed by atoms with Gasteiger partial charge in [-0.1, -0.05) is 28.1 Å². The van der Waals surface area contributed by atoms with Crippen LogP contribution in [-0.2, 0) is 10.0 Å². The minimum Gasteiger partial charge on any atom is -0.439 e. The molecule has 0 atom stereocenters. The van der Waals surface area contributed by atoms with Gasteiger partial charge in [-0.3, -0.25) is 0 Å². The van der Waals surface area contributed by atoms with Gasteiger partial charge in [0.1, 0.15) is 5.75 Å². The normalized spacial score (nSPS) is 14.4. The summed E-state index contributed by atoms with van der Waals surface area (Å²) in [5.41, 5.74) is 1.69. The Morgan fingerprint density at radius 3 is 2.68 bits per heavy atom. The smallest absolute Gasteiger partial charge is 0.234 e. The fourth-order valence-corrected chi connectivity index (χ4v) is 3.01. The second kappa shape index (κ2) is 7.06. The molecule has 0 N–H and O–H groups in total. The van der Waals surface area contributed by atoms with Crippen molar-refractivity contribution in [3.05, 3.63) is 45.8 Å². The summed E-state index contributed by atoms with van der Waals surface area (Å²) in [6, 6.07) is 5.59. The SMILES string of the molecule is CN(C1=C(CCCCl)C=Cc2cc(Br)ccc2O1)S(C)(=O)=O. The number of hydrogen-bond acceptors (Lipinski definition) is 3. The Labute approximate surface area is 144 Å². The van der Waals surface area contributed by atoms with E-state index >= 15 is 0 Å². The van der Waals surface area contributed by atoms with E-state index in [4.69, 9.17) is 16.3 Å². The third-order valence-electron chi connectivity index (χ3n) is 3.28. The maximum absolute atomic E-state index is 11.9. The lowest BCUT2D eigenvalue weighted by Crippen LogP contribution is -2.29. The summed E-state index contributed by atoms with van der Waals surface area (Å²) in [6.45, 7) is 0. The summed E-state index contributed by atoms with van der Waals surface area (Å²) >= 11 is 9.19. The number of sulfonamides is 1. The number of benzene rings is 1. The molecule has 1 aliphatic heterocycles. The molecule has 120 valence electrons. The number of ether oxygens (including phenoxy) is 1. The van der Waals surface area contributed by atoms with Crippen molar-refractivity contribution in [1.29, 1.82) is 0 Å². The summed E-state index contributed by atoms with van der Waals surface area (Å²) in [4.78, 5) is 0. The van der Waals surface area contributed by atoms with Crippen LogP contribution in [0.15, 0.2) is 40.2 Å². The quantitative estimate of drug-likeness (QED) is 0.695. The van der Waals surface area contributed by atoms with E-state index in [1.165, 1.54) is 7.05 Å². The Kier molecular flexibility index (Phi) is 5.58. The van der Waals surface area contributed by atoms with Crippen molar-refractivity contribution in [3.63, 3.8) is 0 Å². The van der Waals surface area contributed by atoms with Crippen LogP contribution in [0.3, 0.4) is 0 Å². The summed E-state index contributed by atoms with van der Waals surface area (Å²) in [5, 5.41) is 0. The molecule has 0 unspecified atom stereocenters. The van der Waals surface area contributed by atoms with Crippen molar-refractivity contribution in [1.82, 2.24) is 4.31 Å². The van der Waals surface area contributed by atoms with Crippen LogP contribution < -0.4 is 4.74 Å². The summed E-state index contributed by atoms with van der Waals surface area (Å²) in [6.07, 6.45) is 6.35. The fraction of sp³-hybridized carbons (Fsp3) is 0.333. The van der Waals surface area contributed by atoms with Crippen molar-refractivity contribution in [2.75, 3.05) is 19.2 Å². The molecule has 1 aliphatic rings. The molecular weight excluding hydrogens is 390 g/mol. The Balaban J connectivity index is 2.49. The van der Waals surface area contributed by atoms with Crippen molar-refractivity contribution in [3.8, 4) is 5.75 Å². The molecular formula is C15H17BrClNO3S. The largest absolute Gasteiger partial charge is 0.439 e. The van der Waals surface area contributed by atoms with Gasteiger partial charge in [0.15, 0.2) is 0 Å². The van der Waals surface area contributed by atoms with Gasteiger partial charge in [-0.25, -0.2) is 12.7 Å². The van der Waals surface area contributed by atoms with Crippen molar-refractivity contribution >= 4 is 43.6 Å². The lowest BCUT2D eigenvalue weighted by atomic mass is 10.1. The molecule has 22 heavy (non-hydrogen) atoms. The van der Waals surface area contributed by atoms with Crippen LogP contribution in [-0.4, -0.2) is 31.9 Å². The molecule has 0 amide bonds. The minimum absolute atomic E-state index is 0.324. The van der Waals surface area contributed by atoms with Gasteiger partial charge in [-0.05, 0) is 31.0 Å². The van der Waals surface area contributed by atoms with Gasteiger partial charge in [-0.15, -0.1) is 11.6 Å². The van der Waals surface area contributed by atoms with E-state index in [1.54, 1.807) is 0 Å². The molecule has 0 aliphatic carbocycles. The summed E-state index contributed by atoms with van der Waals surface area (Å²) < 4.78 is 31.8. The van der Waals surface area contributed by atoms with Crippen LogP contribution in [0.5, 0.6) is 5.75 Å². The van der Waals surface area contributed by atoms with Crippen molar-refractivity contribution in [2.45, 2.75) is 12.8 Å². The van der Waals surface area contributed by atoms with Gasteiger partial charge in [0.05, 0.1) is 6.26 Å². The number of alkyl halides is 1. The number of halogens is 2. The third kappa shape index (κ3) is 4.06. The third-order valence-corrected chi connectivity index (χ3v) is 5.20. The Morgan fingerprint density at radius 2 is 2.05 bits per heavy atom. The molecule has 2 rings (SSSR count). The molecule has 0 saturated carbocycles. The first kappa shape index (κ1) is 17.4. The molecule has 0 aromatic heterocycles. The summed E-state index contributed by atoms with van der Waals surface area (Å²) in [7, 11) is -1.92. The highest BCUT2D eigenvalue weighted by atomic mass is 79.9. The molecule has 1 aromatic rings. The molecule has 0 fully saturated rings. The van der Waals surface area contributed by atoms with Crippen LogP contribution in [0.1, 0.15) is 18.4 Å². The van der Waals surface area contributed by atoms with Crippen molar-refractivity contribution in [2.24, 2.45) is 0 Å². The van der Waals surface area contributed by atoms with Crippen molar-refractivity contribution < 1.29 is 13.2 Å². The monoisotopic (exact) mass is 405 g/mol. The average molecular weight is 407 g/mol. The number of allylic oxidation sites excluding steroid dienone is 2. The van der Waals surface area contributed by atoms with Gasteiger partial charge < -0.3 is 4.74 Å². The maximum atomic E-state index is 11.9. The number of nitrogens with zero attached hydrogens (tertiary/aromatic N) is 1. The summed E-state index contributed by atoms with van der Waals surface area (Å²) in [5.74, 6) is 1.45. The van der Waals surface area contributed by atoms with Crippen LogP contribution >= 0.6 is 27.5 Å². The molecule has 4 nitrogen and oxygen atoms in total. The Hall–Kier alpha value is -0.980. The molecule has 0 saturated heterocycles. The second-order valence-corrected chi connectivity index (χ2v) is 8.28. The Bertz CT molecular complexity index is 728. The second-order valence-electron chi connectivity index (χ2n) is 4.97. The highest BCUT2D eigenvalue weighted by Gasteiger charge is 2.23.